The lowest BCUT2D eigenvalue weighted by Gasteiger charge is -2.29. The Bertz CT molecular complexity index is 311. The molecule has 2 nitrogen and oxygen atoms in total. The minimum Gasteiger partial charge on any atom is -0.316 e. The number of hydrogen-bond acceptors (Lipinski definition) is 2. The molecule has 0 aromatic heterocycles. The van der Waals surface area contributed by atoms with Crippen LogP contribution in [0.3, 0.4) is 0 Å². The Morgan fingerprint density at radius 3 is 2.37 bits per heavy atom. The van der Waals surface area contributed by atoms with Crippen LogP contribution < -0.4 is 5.32 Å². The first-order valence-electron chi connectivity index (χ1n) is 6.78. The van der Waals surface area contributed by atoms with Crippen molar-refractivity contribution in [3.05, 3.63) is 35.9 Å². The van der Waals surface area contributed by atoms with Crippen LogP contribution in [0.1, 0.15) is 18.4 Å². The summed E-state index contributed by atoms with van der Waals surface area (Å²) in [5, 5.41) is 3.60. The molecule has 110 valence electrons. The summed E-state index contributed by atoms with van der Waals surface area (Å²) in [7, 11) is 2.22. The number of nitrogens with one attached hydrogen (secondary N) is 1. The van der Waals surface area contributed by atoms with Gasteiger partial charge in [-0.15, -0.1) is 24.8 Å². The van der Waals surface area contributed by atoms with E-state index in [-0.39, 0.29) is 24.8 Å². The highest BCUT2D eigenvalue weighted by Gasteiger charge is 2.15. The second-order valence-corrected chi connectivity index (χ2v) is 5.19. The van der Waals surface area contributed by atoms with Gasteiger partial charge in [0.1, 0.15) is 0 Å². The summed E-state index contributed by atoms with van der Waals surface area (Å²) in [5.74, 6) is 0.891. The summed E-state index contributed by atoms with van der Waals surface area (Å²) in [6.45, 7) is 4.84. The van der Waals surface area contributed by atoms with Gasteiger partial charge in [0.15, 0.2) is 0 Å². The number of piperidine rings is 1. The van der Waals surface area contributed by atoms with E-state index in [1.807, 2.05) is 0 Å². The molecule has 4 heteroatoms. The molecule has 0 atom stereocenters. The van der Waals surface area contributed by atoms with Crippen molar-refractivity contribution in [2.45, 2.75) is 19.3 Å². The Hall–Kier alpha value is -0.280. The third-order valence-corrected chi connectivity index (χ3v) is 3.70. The average molecular weight is 305 g/mol. The van der Waals surface area contributed by atoms with Crippen molar-refractivity contribution < 1.29 is 0 Å². The lowest BCUT2D eigenvalue weighted by atomic mass is 9.97. The van der Waals surface area contributed by atoms with Crippen molar-refractivity contribution >= 4 is 24.8 Å². The van der Waals surface area contributed by atoms with Crippen LogP contribution in [0.25, 0.3) is 0 Å². The first-order valence-corrected chi connectivity index (χ1v) is 6.78. The summed E-state index contributed by atoms with van der Waals surface area (Å²) in [6, 6.07) is 10.7. The van der Waals surface area contributed by atoms with Gasteiger partial charge in [-0.25, -0.2) is 0 Å². The highest BCUT2D eigenvalue weighted by molar-refractivity contribution is 5.85. The highest BCUT2D eigenvalue weighted by atomic mass is 35.5. The monoisotopic (exact) mass is 304 g/mol. The minimum absolute atomic E-state index is 0. The largest absolute Gasteiger partial charge is 0.316 e. The molecule has 1 saturated heterocycles. The quantitative estimate of drug-likeness (QED) is 0.841. The van der Waals surface area contributed by atoms with E-state index in [1.165, 1.54) is 38.0 Å². The molecule has 1 aliphatic rings. The molecule has 1 fully saturated rings. The molecule has 0 spiro atoms. The zero-order valence-corrected chi connectivity index (χ0v) is 13.3. The third kappa shape index (κ3) is 7.17. The van der Waals surface area contributed by atoms with Gasteiger partial charge < -0.3 is 10.2 Å². The van der Waals surface area contributed by atoms with Crippen molar-refractivity contribution in [3.63, 3.8) is 0 Å². The van der Waals surface area contributed by atoms with Gasteiger partial charge in [0.25, 0.3) is 0 Å². The average Bonchev–Trinajstić information content (AvgIpc) is 2.38. The van der Waals surface area contributed by atoms with Crippen LogP contribution >= 0.6 is 24.8 Å². The van der Waals surface area contributed by atoms with E-state index < -0.39 is 0 Å². The Morgan fingerprint density at radius 2 is 1.74 bits per heavy atom. The fourth-order valence-corrected chi connectivity index (χ4v) is 2.45. The lowest BCUT2D eigenvalue weighted by Crippen LogP contribution is -2.35. The van der Waals surface area contributed by atoms with Crippen LogP contribution in [0.4, 0.5) is 0 Å². The van der Waals surface area contributed by atoms with E-state index in [4.69, 9.17) is 0 Å². The van der Waals surface area contributed by atoms with Crippen molar-refractivity contribution in [3.8, 4) is 0 Å². The van der Waals surface area contributed by atoms with Crippen molar-refractivity contribution in [1.29, 1.82) is 0 Å². The van der Waals surface area contributed by atoms with Gasteiger partial charge in [-0.2, -0.15) is 0 Å². The van der Waals surface area contributed by atoms with Gasteiger partial charge >= 0.3 is 0 Å². The molecule has 0 saturated carbocycles. The number of hydrogen-bond donors (Lipinski definition) is 1. The number of rotatable bonds is 5. The second-order valence-electron chi connectivity index (χ2n) is 5.19. The second kappa shape index (κ2) is 10.5. The molecule has 2 rings (SSSR count). The Labute approximate surface area is 129 Å². The first kappa shape index (κ1) is 18.7. The van der Waals surface area contributed by atoms with Crippen molar-refractivity contribution in [2.75, 3.05) is 33.2 Å². The number of halogens is 2. The number of benzene rings is 1. The van der Waals surface area contributed by atoms with Gasteiger partial charge in [-0.05, 0) is 64.0 Å². The van der Waals surface area contributed by atoms with Gasteiger partial charge in [0.2, 0.25) is 0 Å². The Balaban J connectivity index is 0.00000162. The molecule has 1 heterocycles. The normalized spacial score (nSPS) is 16.5. The van der Waals surface area contributed by atoms with E-state index in [2.05, 4.69) is 47.6 Å². The summed E-state index contributed by atoms with van der Waals surface area (Å²) < 4.78 is 0. The summed E-state index contributed by atoms with van der Waals surface area (Å²) >= 11 is 0. The van der Waals surface area contributed by atoms with E-state index in [9.17, 15) is 0 Å². The highest BCUT2D eigenvalue weighted by Crippen LogP contribution is 2.14. The predicted molar refractivity (Wildman–Crippen MR) is 87.7 cm³/mol. The van der Waals surface area contributed by atoms with Crippen molar-refractivity contribution in [2.24, 2.45) is 5.92 Å². The molecular weight excluding hydrogens is 279 g/mol. The molecule has 1 N–H and O–H groups in total. The van der Waals surface area contributed by atoms with Crippen molar-refractivity contribution in [1.82, 2.24) is 10.2 Å². The van der Waals surface area contributed by atoms with Gasteiger partial charge in [0.05, 0.1) is 0 Å². The van der Waals surface area contributed by atoms with Crippen LogP contribution in [0, 0.1) is 5.92 Å². The van der Waals surface area contributed by atoms with E-state index >= 15 is 0 Å². The van der Waals surface area contributed by atoms with E-state index in [1.54, 1.807) is 0 Å². The number of nitrogens with zero attached hydrogens (tertiary/aromatic N) is 1. The minimum atomic E-state index is 0. The zero-order chi connectivity index (χ0) is 11.9. The summed E-state index contributed by atoms with van der Waals surface area (Å²) in [6.07, 6.45) is 3.86. The Kier molecular flexibility index (Phi) is 10.3. The molecule has 19 heavy (non-hydrogen) atoms. The Morgan fingerprint density at radius 1 is 1.11 bits per heavy atom. The molecule has 1 aromatic rings. The maximum Gasteiger partial charge on any atom is -0.000824 e. The van der Waals surface area contributed by atoms with Gasteiger partial charge in [0, 0.05) is 0 Å². The topological polar surface area (TPSA) is 15.3 Å². The van der Waals surface area contributed by atoms with Crippen LogP contribution in [-0.2, 0) is 6.42 Å². The molecule has 0 amide bonds. The molecule has 1 aliphatic heterocycles. The summed E-state index contributed by atoms with van der Waals surface area (Å²) in [4.78, 5) is 2.43. The predicted octanol–water partition coefficient (Wildman–Crippen LogP) is 3.00. The van der Waals surface area contributed by atoms with E-state index in [0.29, 0.717) is 0 Å². The van der Waals surface area contributed by atoms with Crippen LogP contribution in [-0.4, -0.2) is 38.1 Å². The molecule has 1 aromatic carbocycles. The van der Waals surface area contributed by atoms with Gasteiger partial charge in [-0.3, -0.25) is 0 Å². The van der Waals surface area contributed by atoms with Gasteiger partial charge in [-0.1, -0.05) is 30.3 Å². The standard InChI is InChI=1S/C15H24N2.2ClH/c1-17-11-8-15(9-12-17)13-16-10-7-14-5-3-2-4-6-14;;/h2-6,15-16H,7-13H2,1H3;2*1H. The first-order chi connectivity index (χ1) is 8.34. The van der Waals surface area contributed by atoms with Crippen LogP contribution in [0.5, 0.6) is 0 Å². The zero-order valence-electron chi connectivity index (χ0n) is 11.7. The fraction of sp³-hybridized carbons (Fsp3) is 0.600. The molecule has 0 radical (unpaired) electrons. The molecule has 0 unspecified atom stereocenters. The maximum absolute atomic E-state index is 3.60. The molecule has 0 bridgehead atoms. The third-order valence-electron chi connectivity index (χ3n) is 3.70. The molecule has 0 aliphatic carbocycles. The smallest absolute Gasteiger partial charge is 0.000824 e. The van der Waals surface area contributed by atoms with Crippen LogP contribution in [0.2, 0.25) is 0 Å². The lowest BCUT2D eigenvalue weighted by molar-refractivity contribution is 0.216. The van der Waals surface area contributed by atoms with E-state index in [0.717, 1.165) is 18.9 Å². The summed E-state index contributed by atoms with van der Waals surface area (Å²) in [5.41, 5.74) is 1.43. The SMILES string of the molecule is CN1CCC(CNCCc2ccccc2)CC1.Cl.Cl. The fourth-order valence-electron chi connectivity index (χ4n) is 2.45. The van der Waals surface area contributed by atoms with Crippen LogP contribution in [0.15, 0.2) is 30.3 Å². The number of likely N-dealkylation sites (tertiary alicyclic amines) is 1. The molecular formula is C15H26Cl2N2. The maximum atomic E-state index is 3.60.